The normalized spacial score (nSPS) is 10.6. The molecule has 0 unspecified atom stereocenters. The largest absolute Gasteiger partial charge is 0.469 e. The number of alkyl halides is 2. The first-order chi connectivity index (χ1) is 7.45. The van der Waals surface area contributed by atoms with E-state index in [0.717, 1.165) is 0 Å². The Kier molecular flexibility index (Phi) is 4.57. The molecular weight excluding hydrogens is 331 g/mol. The Bertz CT molecular complexity index is 410. The van der Waals surface area contributed by atoms with Gasteiger partial charge in [-0.2, -0.15) is 0 Å². The molecule has 0 radical (unpaired) electrons. The van der Waals surface area contributed by atoms with Crippen LogP contribution in [0.25, 0.3) is 0 Å². The molecule has 6 heteroatoms. The minimum absolute atomic E-state index is 0.175. The van der Waals surface area contributed by atoms with Crippen molar-refractivity contribution in [3.63, 3.8) is 0 Å². The Balaban J connectivity index is 3.19. The fourth-order valence-corrected chi connectivity index (χ4v) is 2.04. The van der Waals surface area contributed by atoms with Crippen LogP contribution in [0.2, 0.25) is 0 Å². The molecular formula is C10H10F2INO2. The molecule has 88 valence electrons. The van der Waals surface area contributed by atoms with Gasteiger partial charge in [0.25, 0.3) is 6.43 Å². The van der Waals surface area contributed by atoms with Gasteiger partial charge in [-0.05, 0) is 46.7 Å². The minimum atomic E-state index is -2.69. The van der Waals surface area contributed by atoms with E-state index in [2.05, 4.69) is 9.72 Å². The number of aromatic nitrogens is 1. The number of ether oxygens (including phenoxy) is 1. The molecule has 1 rings (SSSR count). The highest BCUT2D eigenvalue weighted by atomic mass is 127. The maximum atomic E-state index is 12.7. The maximum Gasteiger partial charge on any atom is 0.310 e. The van der Waals surface area contributed by atoms with Crippen LogP contribution in [-0.4, -0.2) is 18.1 Å². The highest BCUT2D eigenvalue weighted by Gasteiger charge is 2.20. The summed E-state index contributed by atoms with van der Waals surface area (Å²) in [5.41, 5.74) is 0.539. The van der Waals surface area contributed by atoms with Crippen LogP contribution in [0, 0.1) is 10.6 Å². The van der Waals surface area contributed by atoms with E-state index < -0.39 is 12.4 Å². The van der Waals surface area contributed by atoms with Crippen molar-refractivity contribution in [1.29, 1.82) is 0 Å². The van der Waals surface area contributed by atoms with Crippen LogP contribution >= 0.6 is 22.6 Å². The predicted molar refractivity (Wildman–Crippen MR) is 62.4 cm³/mol. The van der Waals surface area contributed by atoms with Gasteiger partial charge >= 0.3 is 5.97 Å². The van der Waals surface area contributed by atoms with Crippen LogP contribution < -0.4 is 0 Å². The van der Waals surface area contributed by atoms with E-state index in [-0.39, 0.29) is 17.7 Å². The number of hydrogen-bond acceptors (Lipinski definition) is 3. The number of carbonyl (C=O) groups excluding carboxylic acids is 1. The fourth-order valence-electron chi connectivity index (χ4n) is 1.31. The second-order valence-electron chi connectivity index (χ2n) is 3.18. The highest BCUT2D eigenvalue weighted by Crippen LogP contribution is 2.25. The Morgan fingerprint density at radius 2 is 2.25 bits per heavy atom. The number of halogens is 3. The molecule has 3 nitrogen and oxygen atoms in total. The van der Waals surface area contributed by atoms with Crippen LogP contribution in [0.5, 0.6) is 0 Å². The third-order valence-corrected chi connectivity index (χ3v) is 2.66. The van der Waals surface area contributed by atoms with Crippen molar-refractivity contribution in [1.82, 2.24) is 4.98 Å². The number of nitrogens with zero attached hydrogens (tertiary/aromatic N) is 1. The summed E-state index contributed by atoms with van der Waals surface area (Å²) in [5, 5.41) is 0. The quantitative estimate of drug-likeness (QED) is 0.482. The molecule has 1 heterocycles. The summed E-state index contributed by atoms with van der Waals surface area (Å²) in [6, 6.07) is 1.66. The average Bonchev–Trinajstić information content (AvgIpc) is 2.20. The molecule has 0 N–H and O–H groups in total. The second kappa shape index (κ2) is 5.51. The third kappa shape index (κ3) is 3.10. The molecule has 0 aromatic carbocycles. The Labute approximate surface area is 105 Å². The molecule has 0 bridgehead atoms. The molecule has 1 aromatic heterocycles. The van der Waals surface area contributed by atoms with Gasteiger partial charge in [0.05, 0.1) is 13.5 Å². The molecule has 0 amide bonds. The Morgan fingerprint density at radius 1 is 1.62 bits per heavy atom. The Morgan fingerprint density at radius 3 is 2.75 bits per heavy atom. The van der Waals surface area contributed by atoms with E-state index in [1.807, 2.05) is 22.6 Å². The number of rotatable bonds is 3. The van der Waals surface area contributed by atoms with E-state index in [0.29, 0.717) is 9.26 Å². The first-order valence-corrected chi connectivity index (χ1v) is 5.54. The molecule has 0 aliphatic rings. The van der Waals surface area contributed by atoms with Gasteiger partial charge in [0.1, 0.15) is 9.39 Å². The zero-order chi connectivity index (χ0) is 12.3. The number of esters is 1. The summed E-state index contributed by atoms with van der Waals surface area (Å²) < 4.78 is 30.4. The van der Waals surface area contributed by atoms with E-state index in [1.165, 1.54) is 7.11 Å². The van der Waals surface area contributed by atoms with Crippen LogP contribution in [-0.2, 0) is 16.0 Å². The average molecular weight is 341 g/mol. The summed E-state index contributed by atoms with van der Waals surface area (Å²) in [4.78, 5) is 14.8. The van der Waals surface area contributed by atoms with E-state index >= 15 is 0 Å². The van der Waals surface area contributed by atoms with Crippen molar-refractivity contribution < 1.29 is 18.3 Å². The smallest absolute Gasteiger partial charge is 0.310 e. The topological polar surface area (TPSA) is 39.2 Å². The minimum Gasteiger partial charge on any atom is -0.469 e. The van der Waals surface area contributed by atoms with Gasteiger partial charge in [-0.25, -0.2) is 13.8 Å². The zero-order valence-corrected chi connectivity index (χ0v) is 10.9. The van der Waals surface area contributed by atoms with Gasteiger partial charge in [-0.15, -0.1) is 0 Å². The highest BCUT2D eigenvalue weighted by molar-refractivity contribution is 14.1. The first kappa shape index (κ1) is 13.3. The van der Waals surface area contributed by atoms with Crippen LogP contribution in [0.15, 0.2) is 6.07 Å². The van der Waals surface area contributed by atoms with E-state index in [9.17, 15) is 13.6 Å². The lowest BCUT2D eigenvalue weighted by Crippen LogP contribution is -2.11. The lowest BCUT2D eigenvalue weighted by Gasteiger charge is -2.10. The van der Waals surface area contributed by atoms with E-state index in [4.69, 9.17) is 0 Å². The zero-order valence-electron chi connectivity index (χ0n) is 8.76. The SMILES string of the molecule is COC(=O)Cc1c(C)cc(I)nc1C(F)F. The predicted octanol–water partition coefficient (Wildman–Crippen LogP) is 2.65. The standard InChI is InChI=1S/C10H10F2INO2/c1-5-3-7(13)14-9(10(11)12)6(5)4-8(15)16-2/h3,10H,4H2,1-2H3. The number of pyridine rings is 1. The monoisotopic (exact) mass is 341 g/mol. The van der Waals surface area contributed by atoms with Crippen molar-refractivity contribution in [3.8, 4) is 0 Å². The molecule has 0 aliphatic carbocycles. The third-order valence-electron chi connectivity index (χ3n) is 2.10. The summed E-state index contributed by atoms with van der Waals surface area (Å²) in [6.45, 7) is 1.67. The number of carbonyl (C=O) groups is 1. The van der Waals surface area contributed by atoms with Crippen LogP contribution in [0.3, 0.4) is 0 Å². The van der Waals surface area contributed by atoms with Crippen molar-refractivity contribution >= 4 is 28.6 Å². The molecule has 16 heavy (non-hydrogen) atoms. The molecule has 0 saturated carbocycles. The van der Waals surface area contributed by atoms with Gasteiger partial charge in [-0.1, -0.05) is 0 Å². The fraction of sp³-hybridized carbons (Fsp3) is 0.400. The molecule has 0 aliphatic heterocycles. The van der Waals surface area contributed by atoms with E-state index in [1.54, 1.807) is 13.0 Å². The number of aryl methyl sites for hydroxylation is 1. The molecule has 0 atom stereocenters. The van der Waals surface area contributed by atoms with Crippen LogP contribution in [0.4, 0.5) is 8.78 Å². The summed E-state index contributed by atoms with van der Waals surface area (Å²) in [7, 11) is 1.22. The molecule has 0 fully saturated rings. The van der Waals surface area contributed by atoms with Gasteiger partial charge in [-0.3, -0.25) is 4.79 Å². The molecule has 0 saturated heterocycles. The molecule has 1 aromatic rings. The first-order valence-electron chi connectivity index (χ1n) is 4.46. The van der Waals surface area contributed by atoms with Gasteiger partial charge in [0, 0.05) is 0 Å². The van der Waals surface area contributed by atoms with Crippen molar-refractivity contribution in [2.45, 2.75) is 19.8 Å². The lowest BCUT2D eigenvalue weighted by molar-refractivity contribution is -0.139. The number of methoxy groups -OCH3 is 1. The van der Waals surface area contributed by atoms with Gasteiger partial charge < -0.3 is 4.74 Å². The lowest BCUT2D eigenvalue weighted by atomic mass is 10.0. The summed E-state index contributed by atoms with van der Waals surface area (Å²) >= 11 is 1.86. The number of hydrogen-bond donors (Lipinski definition) is 0. The Hall–Kier alpha value is -0.790. The summed E-state index contributed by atoms with van der Waals surface area (Å²) in [5.74, 6) is -0.548. The van der Waals surface area contributed by atoms with Gasteiger partial charge in [0.2, 0.25) is 0 Å². The van der Waals surface area contributed by atoms with Crippen molar-refractivity contribution in [2.24, 2.45) is 0 Å². The van der Waals surface area contributed by atoms with Crippen LogP contribution in [0.1, 0.15) is 23.2 Å². The van der Waals surface area contributed by atoms with Crippen molar-refractivity contribution in [2.75, 3.05) is 7.11 Å². The summed E-state index contributed by atoms with van der Waals surface area (Å²) in [6.07, 6.45) is -2.86. The molecule has 0 spiro atoms. The van der Waals surface area contributed by atoms with Crippen molar-refractivity contribution in [3.05, 3.63) is 26.6 Å². The van der Waals surface area contributed by atoms with Gasteiger partial charge in [0.15, 0.2) is 0 Å². The maximum absolute atomic E-state index is 12.7. The second-order valence-corrected chi connectivity index (χ2v) is 4.28.